The van der Waals surface area contributed by atoms with Gasteiger partial charge in [-0.05, 0) is 32.9 Å². The molecule has 15 heavy (non-hydrogen) atoms. The molecule has 1 aromatic carbocycles. The molecule has 0 bridgehead atoms. The highest BCUT2D eigenvalue weighted by molar-refractivity contribution is 5.93. The van der Waals surface area contributed by atoms with Crippen LogP contribution in [0.25, 0.3) is 0 Å². The van der Waals surface area contributed by atoms with Crippen LogP contribution < -0.4 is 10.4 Å². The summed E-state index contributed by atoms with van der Waals surface area (Å²) in [7, 11) is 0. The third-order valence-electron chi connectivity index (χ3n) is 2.42. The minimum Gasteiger partial charge on any atom is -0.261 e. The molecule has 0 atom stereocenters. The van der Waals surface area contributed by atoms with Crippen molar-refractivity contribution in [3.05, 3.63) is 29.8 Å². The zero-order valence-corrected chi connectivity index (χ0v) is 9.07. The Hall–Kier alpha value is -1.55. The van der Waals surface area contributed by atoms with E-state index in [0.29, 0.717) is 0 Å². The van der Waals surface area contributed by atoms with Gasteiger partial charge in [-0.15, -0.1) is 0 Å². The highest BCUT2D eigenvalue weighted by Gasteiger charge is 2.40. The van der Waals surface area contributed by atoms with Gasteiger partial charge in [0.25, 0.3) is 0 Å². The lowest BCUT2D eigenvalue weighted by Crippen LogP contribution is -2.41. The summed E-state index contributed by atoms with van der Waals surface area (Å²) in [6.45, 7) is 5.69. The van der Waals surface area contributed by atoms with Gasteiger partial charge in [0.15, 0.2) is 5.72 Å². The first-order valence-corrected chi connectivity index (χ1v) is 4.85. The first-order chi connectivity index (χ1) is 7.00. The van der Waals surface area contributed by atoms with Crippen molar-refractivity contribution < 1.29 is 9.63 Å². The van der Waals surface area contributed by atoms with Gasteiger partial charge >= 0.3 is 6.03 Å². The molecule has 1 aliphatic rings. The number of hydrogen-bond donors (Lipinski definition) is 1. The molecule has 0 spiro atoms. The van der Waals surface area contributed by atoms with Gasteiger partial charge in [-0.2, -0.15) is 0 Å². The Kier molecular flexibility index (Phi) is 2.16. The van der Waals surface area contributed by atoms with Crippen molar-refractivity contribution in [3.63, 3.8) is 0 Å². The van der Waals surface area contributed by atoms with Gasteiger partial charge in [0.1, 0.15) is 0 Å². The highest BCUT2D eigenvalue weighted by atomic mass is 16.7. The predicted molar refractivity (Wildman–Crippen MR) is 57.4 cm³/mol. The smallest absolute Gasteiger partial charge is 0.261 e. The third kappa shape index (κ3) is 1.68. The monoisotopic (exact) mass is 206 g/mol. The lowest BCUT2D eigenvalue weighted by Gasteiger charge is -2.27. The number of hydrogen-bond acceptors (Lipinski definition) is 2. The molecule has 1 aromatic rings. The maximum Gasteiger partial charge on any atom is 0.348 e. The zero-order valence-electron chi connectivity index (χ0n) is 9.07. The zero-order chi connectivity index (χ0) is 11.1. The van der Waals surface area contributed by atoms with Gasteiger partial charge in [0, 0.05) is 5.69 Å². The lowest BCUT2D eigenvalue weighted by atomic mass is 10.2. The molecule has 1 N–H and O–H groups in total. The fourth-order valence-electron chi connectivity index (χ4n) is 1.63. The summed E-state index contributed by atoms with van der Waals surface area (Å²) in [6, 6.07) is 7.52. The minimum atomic E-state index is -0.646. The van der Waals surface area contributed by atoms with E-state index in [0.717, 1.165) is 11.3 Å². The summed E-state index contributed by atoms with van der Waals surface area (Å²) in [4.78, 5) is 18.3. The summed E-state index contributed by atoms with van der Waals surface area (Å²) >= 11 is 0. The molecule has 80 valence electrons. The Labute approximate surface area is 88.8 Å². The highest BCUT2D eigenvalue weighted by Crippen LogP contribution is 2.28. The quantitative estimate of drug-likeness (QED) is 0.765. The van der Waals surface area contributed by atoms with Crippen LogP contribution >= 0.6 is 0 Å². The first-order valence-electron chi connectivity index (χ1n) is 4.85. The Bertz CT molecular complexity index is 384. The number of urea groups is 1. The molecule has 0 aromatic heterocycles. The number of carbonyl (C=O) groups excluding carboxylic acids is 1. The second-order valence-electron chi connectivity index (χ2n) is 4.13. The van der Waals surface area contributed by atoms with Crippen molar-refractivity contribution in [1.29, 1.82) is 0 Å². The summed E-state index contributed by atoms with van der Waals surface area (Å²) in [5.41, 5.74) is 3.71. The van der Waals surface area contributed by atoms with Gasteiger partial charge in [-0.1, -0.05) is 17.7 Å². The van der Waals surface area contributed by atoms with Crippen LogP contribution in [0, 0.1) is 6.92 Å². The number of nitrogens with zero attached hydrogens (tertiary/aromatic N) is 1. The molecule has 0 aliphatic carbocycles. The number of amides is 2. The van der Waals surface area contributed by atoms with Crippen molar-refractivity contribution in [2.45, 2.75) is 26.5 Å². The number of rotatable bonds is 1. The van der Waals surface area contributed by atoms with Crippen LogP contribution in [0.5, 0.6) is 0 Å². The van der Waals surface area contributed by atoms with Crippen LogP contribution in [0.2, 0.25) is 0 Å². The molecule has 1 aliphatic heterocycles. The Morgan fingerprint density at radius 3 is 2.33 bits per heavy atom. The van der Waals surface area contributed by atoms with E-state index in [2.05, 4.69) is 5.48 Å². The number of anilines is 1. The number of benzene rings is 1. The SMILES string of the molecule is Cc1ccc(N2C(=O)NOC2(C)C)cc1. The molecular weight excluding hydrogens is 192 g/mol. The molecule has 0 radical (unpaired) electrons. The predicted octanol–water partition coefficient (Wildman–Crippen LogP) is 2.19. The topological polar surface area (TPSA) is 41.6 Å². The Morgan fingerprint density at radius 1 is 1.27 bits per heavy atom. The number of hydroxylamine groups is 1. The van der Waals surface area contributed by atoms with E-state index < -0.39 is 5.72 Å². The molecule has 1 heterocycles. The van der Waals surface area contributed by atoms with Gasteiger partial charge in [0.2, 0.25) is 0 Å². The maximum atomic E-state index is 11.6. The van der Waals surface area contributed by atoms with E-state index in [1.807, 2.05) is 45.0 Å². The van der Waals surface area contributed by atoms with Crippen LogP contribution in [-0.4, -0.2) is 11.8 Å². The third-order valence-corrected chi connectivity index (χ3v) is 2.42. The summed E-state index contributed by atoms with van der Waals surface area (Å²) in [5.74, 6) is 0. The van der Waals surface area contributed by atoms with E-state index in [1.165, 1.54) is 0 Å². The summed E-state index contributed by atoms with van der Waals surface area (Å²) < 4.78 is 0. The van der Waals surface area contributed by atoms with Crippen molar-refractivity contribution in [2.24, 2.45) is 0 Å². The van der Waals surface area contributed by atoms with Gasteiger partial charge in [0.05, 0.1) is 0 Å². The molecule has 4 heteroatoms. The van der Waals surface area contributed by atoms with Crippen molar-refractivity contribution in [3.8, 4) is 0 Å². The van der Waals surface area contributed by atoms with Crippen molar-refractivity contribution in [1.82, 2.24) is 5.48 Å². The fraction of sp³-hybridized carbons (Fsp3) is 0.364. The molecule has 1 fully saturated rings. The van der Waals surface area contributed by atoms with E-state index in [4.69, 9.17) is 4.84 Å². The van der Waals surface area contributed by atoms with Crippen LogP contribution in [0.4, 0.5) is 10.5 Å². The van der Waals surface area contributed by atoms with Gasteiger partial charge < -0.3 is 0 Å². The molecule has 2 rings (SSSR count). The van der Waals surface area contributed by atoms with E-state index in [1.54, 1.807) is 4.90 Å². The average molecular weight is 206 g/mol. The van der Waals surface area contributed by atoms with Crippen molar-refractivity contribution >= 4 is 11.7 Å². The summed E-state index contributed by atoms with van der Waals surface area (Å²) in [6.07, 6.45) is 0. The minimum absolute atomic E-state index is 0.233. The number of carbonyl (C=O) groups is 1. The second-order valence-corrected chi connectivity index (χ2v) is 4.13. The van der Waals surface area contributed by atoms with Crippen LogP contribution in [0.1, 0.15) is 19.4 Å². The first kappa shape index (κ1) is 9.98. The molecule has 0 unspecified atom stereocenters. The molecule has 2 amide bonds. The van der Waals surface area contributed by atoms with Crippen LogP contribution in [-0.2, 0) is 4.84 Å². The number of nitrogens with one attached hydrogen (secondary N) is 1. The van der Waals surface area contributed by atoms with Gasteiger partial charge in [-0.25, -0.2) is 15.1 Å². The van der Waals surface area contributed by atoms with E-state index in [-0.39, 0.29) is 6.03 Å². The Balaban J connectivity index is 2.37. The number of aryl methyl sites for hydroxylation is 1. The molecule has 1 saturated heterocycles. The standard InChI is InChI=1S/C11H14N2O2/c1-8-4-6-9(7-5-8)13-10(14)12-15-11(13,2)3/h4-7H,1-3H3,(H,12,14). The molecular formula is C11H14N2O2. The van der Waals surface area contributed by atoms with Crippen molar-refractivity contribution in [2.75, 3.05) is 4.90 Å². The molecule has 4 nitrogen and oxygen atoms in total. The molecule has 0 saturated carbocycles. The average Bonchev–Trinajstić information content (AvgIpc) is 2.43. The van der Waals surface area contributed by atoms with E-state index >= 15 is 0 Å². The second kappa shape index (κ2) is 3.24. The van der Waals surface area contributed by atoms with Crippen LogP contribution in [0.15, 0.2) is 24.3 Å². The summed E-state index contributed by atoms with van der Waals surface area (Å²) in [5, 5.41) is 0. The van der Waals surface area contributed by atoms with Gasteiger partial charge in [-0.3, -0.25) is 4.90 Å². The Morgan fingerprint density at radius 2 is 1.87 bits per heavy atom. The van der Waals surface area contributed by atoms with E-state index in [9.17, 15) is 4.79 Å². The lowest BCUT2D eigenvalue weighted by molar-refractivity contribution is -0.0211. The largest absolute Gasteiger partial charge is 0.348 e. The normalized spacial score (nSPS) is 19.1. The maximum absolute atomic E-state index is 11.6. The fourth-order valence-corrected chi connectivity index (χ4v) is 1.63. The van der Waals surface area contributed by atoms with Crippen LogP contribution in [0.3, 0.4) is 0 Å².